The molecule has 0 aromatic rings. The van der Waals surface area contributed by atoms with Gasteiger partial charge in [-0.05, 0) is 0 Å². The third-order valence-electron chi connectivity index (χ3n) is 2.51. The molecule has 0 aliphatic carbocycles. The van der Waals surface area contributed by atoms with Crippen molar-refractivity contribution in [3.05, 3.63) is 0 Å². The topological polar surface area (TPSA) is 77.4 Å². The van der Waals surface area contributed by atoms with E-state index in [0.29, 0.717) is 0 Å². The standard InChI is InChI=1S/C9H18O6/c1-12-4-5-6(10)7(13-2)8(14-3)9(11)15-5/h5-11H,4H2,1-3H3. The third-order valence-corrected chi connectivity index (χ3v) is 2.51. The summed E-state index contributed by atoms with van der Waals surface area (Å²) < 4.78 is 20.1. The number of aliphatic hydroxyl groups excluding tert-OH is 2. The van der Waals surface area contributed by atoms with E-state index in [1.807, 2.05) is 0 Å². The van der Waals surface area contributed by atoms with Crippen LogP contribution in [0.25, 0.3) is 0 Å². The van der Waals surface area contributed by atoms with Crippen molar-refractivity contribution in [2.24, 2.45) is 0 Å². The number of hydrogen-bond acceptors (Lipinski definition) is 6. The first-order valence-corrected chi connectivity index (χ1v) is 4.71. The van der Waals surface area contributed by atoms with Crippen LogP contribution in [0.2, 0.25) is 0 Å². The van der Waals surface area contributed by atoms with Gasteiger partial charge in [0.2, 0.25) is 0 Å². The molecule has 0 saturated carbocycles. The lowest BCUT2D eigenvalue weighted by Gasteiger charge is -2.41. The average molecular weight is 222 g/mol. The predicted molar refractivity (Wildman–Crippen MR) is 50.4 cm³/mol. The molecule has 5 unspecified atom stereocenters. The average Bonchev–Trinajstić information content (AvgIpc) is 2.22. The molecule has 1 aliphatic heterocycles. The molecule has 5 atom stereocenters. The van der Waals surface area contributed by atoms with Crippen LogP contribution >= 0.6 is 0 Å². The molecule has 1 heterocycles. The van der Waals surface area contributed by atoms with Crippen molar-refractivity contribution in [2.75, 3.05) is 27.9 Å². The first kappa shape index (κ1) is 12.8. The fourth-order valence-electron chi connectivity index (χ4n) is 1.73. The van der Waals surface area contributed by atoms with Gasteiger partial charge in [0.25, 0.3) is 0 Å². The summed E-state index contributed by atoms with van der Waals surface area (Å²) in [6.45, 7) is 0.189. The minimum Gasteiger partial charge on any atom is -0.387 e. The molecule has 1 fully saturated rings. The molecule has 0 aromatic heterocycles. The highest BCUT2D eigenvalue weighted by Crippen LogP contribution is 2.23. The zero-order chi connectivity index (χ0) is 11.4. The number of rotatable bonds is 4. The molecule has 6 heteroatoms. The van der Waals surface area contributed by atoms with Gasteiger partial charge in [-0.1, -0.05) is 0 Å². The molecule has 0 aromatic carbocycles. The van der Waals surface area contributed by atoms with Crippen LogP contribution in [0, 0.1) is 0 Å². The summed E-state index contributed by atoms with van der Waals surface area (Å²) in [4.78, 5) is 0. The summed E-state index contributed by atoms with van der Waals surface area (Å²) in [7, 11) is 4.36. The summed E-state index contributed by atoms with van der Waals surface area (Å²) >= 11 is 0. The van der Waals surface area contributed by atoms with Crippen LogP contribution in [0.4, 0.5) is 0 Å². The molecule has 1 aliphatic rings. The van der Waals surface area contributed by atoms with E-state index < -0.39 is 30.7 Å². The van der Waals surface area contributed by atoms with Gasteiger partial charge in [-0.2, -0.15) is 0 Å². The Hall–Kier alpha value is -0.240. The van der Waals surface area contributed by atoms with Crippen molar-refractivity contribution in [3.8, 4) is 0 Å². The van der Waals surface area contributed by atoms with Gasteiger partial charge < -0.3 is 29.2 Å². The monoisotopic (exact) mass is 222 g/mol. The van der Waals surface area contributed by atoms with Crippen LogP contribution in [-0.2, 0) is 18.9 Å². The first-order valence-electron chi connectivity index (χ1n) is 4.71. The summed E-state index contributed by atoms with van der Waals surface area (Å²) in [5, 5.41) is 19.4. The van der Waals surface area contributed by atoms with Crippen LogP contribution in [-0.4, -0.2) is 68.9 Å². The van der Waals surface area contributed by atoms with Gasteiger partial charge in [0.1, 0.15) is 24.4 Å². The van der Waals surface area contributed by atoms with Crippen molar-refractivity contribution < 1.29 is 29.2 Å². The van der Waals surface area contributed by atoms with Gasteiger partial charge in [0, 0.05) is 21.3 Å². The van der Waals surface area contributed by atoms with E-state index in [0.717, 1.165) is 0 Å². The highest BCUT2D eigenvalue weighted by molar-refractivity contribution is 4.90. The van der Waals surface area contributed by atoms with Crippen molar-refractivity contribution >= 4 is 0 Å². The van der Waals surface area contributed by atoms with Crippen molar-refractivity contribution in [1.29, 1.82) is 0 Å². The second-order valence-electron chi connectivity index (χ2n) is 3.41. The van der Waals surface area contributed by atoms with Gasteiger partial charge in [-0.3, -0.25) is 0 Å². The molecule has 6 nitrogen and oxygen atoms in total. The molecule has 0 radical (unpaired) electrons. The fourth-order valence-corrected chi connectivity index (χ4v) is 1.73. The quantitative estimate of drug-likeness (QED) is 0.618. The molecule has 15 heavy (non-hydrogen) atoms. The van der Waals surface area contributed by atoms with Crippen LogP contribution in [0.1, 0.15) is 0 Å². The summed E-state index contributed by atoms with van der Waals surface area (Å²) in [6, 6.07) is 0. The first-order chi connectivity index (χ1) is 7.15. The number of aliphatic hydroxyl groups is 2. The second kappa shape index (κ2) is 5.74. The fraction of sp³-hybridized carbons (Fsp3) is 1.00. The Kier molecular flexibility index (Phi) is 4.91. The van der Waals surface area contributed by atoms with E-state index in [1.54, 1.807) is 0 Å². The van der Waals surface area contributed by atoms with Crippen molar-refractivity contribution in [3.63, 3.8) is 0 Å². The zero-order valence-corrected chi connectivity index (χ0v) is 9.12. The normalized spacial score (nSPS) is 41.8. The van der Waals surface area contributed by atoms with E-state index >= 15 is 0 Å². The number of ether oxygens (including phenoxy) is 4. The molecule has 1 saturated heterocycles. The van der Waals surface area contributed by atoms with Crippen LogP contribution in [0.15, 0.2) is 0 Å². The molecule has 0 amide bonds. The highest BCUT2D eigenvalue weighted by Gasteiger charge is 2.45. The van der Waals surface area contributed by atoms with E-state index in [1.165, 1.54) is 21.3 Å². The van der Waals surface area contributed by atoms with Gasteiger partial charge in [-0.25, -0.2) is 0 Å². The Balaban J connectivity index is 2.70. The van der Waals surface area contributed by atoms with E-state index in [9.17, 15) is 10.2 Å². The minimum absolute atomic E-state index is 0.189. The molecule has 90 valence electrons. The Labute approximate surface area is 88.7 Å². The number of methoxy groups -OCH3 is 3. The Morgan fingerprint density at radius 2 is 1.67 bits per heavy atom. The Morgan fingerprint density at radius 3 is 2.13 bits per heavy atom. The maximum Gasteiger partial charge on any atom is 0.184 e. The van der Waals surface area contributed by atoms with Crippen LogP contribution in [0.5, 0.6) is 0 Å². The third kappa shape index (κ3) is 2.66. The molecular weight excluding hydrogens is 204 g/mol. The maximum absolute atomic E-state index is 9.86. The number of hydrogen-bond donors (Lipinski definition) is 2. The van der Waals surface area contributed by atoms with Crippen molar-refractivity contribution in [2.45, 2.75) is 30.7 Å². The van der Waals surface area contributed by atoms with Gasteiger partial charge >= 0.3 is 0 Å². The lowest BCUT2D eigenvalue weighted by Crippen LogP contribution is -2.59. The van der Waals surface area contributed by atoms with Gasteiger partial charge in [0.05, 0.1) is 6.61 Å². The predicted octanol–water partition coefficient (Wildman–Crippen LogP) is -1.26. The zero-order valence-electron chi connectivity index (χ0n) is 9.12. The largest absolute Gasteiger partial charge is 0.387 e. The van der Waals surface area contributed by atoms with Gasteiger partial charge in [-0.15, -0.1) is 0 Å². The van der Waals surface area contributed by atoms with E-state index in [4.69, 9.17) is 18.9 Å². The lowest BCUT2D eigenvalue weighted by molar-refractivity contribution is -0.296. The summed E-state index contributed by atoms with van der Waals surface area (Å²) in [5.41, 5.74) is 0. The lowest BCUT2D eigenvalue weighted by atomic mass is 9.99. The van der Waals surface area contributed by atoms with E-state index in [-0.39, 0.29) is 6.61 Å². The Morgan fingerprint density at radius 1 is 1.07 bits per heavy atom. The van der Waals surface area contributed by atoms with Crippen molar-refractivity contribution in [1.82, 2.24) is 0 Å². The van der Waals surface area contributed by atoms with E-state index in [2.05, 4.69) is 0 Å². The smallest absolute Gasteiger partial charge is 0.184 e. The summed E-state index contributed by atoms with van der Waals surface area (Å²) in [5.74, 6) is 0. The molecule has 2 N–H and O–H groups in total. The van der Waals surface area contributed by atoms with Gasteiger partial charge in [0.15, 0.2) is 6.29 Å². The molecule has 0 spiro atoms. The minimum atomic E-state index is -1.12. The SMILES string of the molecule is COCC1OC(O)C(OC)C(OC)C1O. The highest BCUT2D eigenvalue weighted by atomic mass is 16.7. The molecule has 0 bridgehead atoms. The molecule has 1 rings (SSSR count). The maximum atomic E-state index is 9.86. The molecular formula is C9H18O6. The summed E-state index contributed by atoms with van der Waals surface area (Å²) in [6.07, 6.45) is -3.94. The second-order valence-corrected chi connectivity index (χ2v) is 3.41. The Bertz CT molecular complexity index is 187. The van der Waals surface area contributed by atoms with Crippen LogP contribution < -0.4 is 0 Å². The van der Waals surface area contributed by atoms with Crippen LogP contribution in [0.3, 0.4) is 0 Å².